The van der Waals surface area contributed by atoms with Crippen LogP contribution >= 0.6 is 34.2 Å². The summed E-state index contributed by atoms with van der Waals surface area (Å²) < 4.78 is 30.0. The molecule has 1 aliphatic heterocycles. The summed E-state index contributed by atoms with van der Waals surface area (Å²) in [5.74, 6) is 0.0776. The average Bonchev–Trinajstić information content (AvgIpc) is 3.33. The highest BCUT2D eigenvalue weighted by atomic mass is 127. The largest absolute Gasteiger partial charge is 0.372 e. The number of morpholine rings is 1. The van der Waals surface area contributed by atoms with E-state index in [2.05, 4.69) is 20.4 Å². The number of nitrogens with one attached hydrogen (secondary N) is 1. The number of aromatic nitrogens is 4. The summed E-state index contributed by atoms with van der Waals surface area (Å²) in [6.07, 6.45) is 3.76. The molecule has 0 bridgehead atoms. The third-order valence-corrected chi connectivity index (χ3v) is 7.86. The van der Waals surface area contributed by atoms with Gasteiger partial charge in [-0.05, 0) is 73.7 Å². The van der Waals surface area contributed by atoms with Crippen LogP contribution in [-0.4, -0.2) is 76.4 Å². The summed E-state index contributed by atoms with van der Waals surface area (Å²) in [4.78, 5) is 36.5. The lowest BCUT2D eigenvalue weighted by Gasteiger charge is -2.35. The molecule has 0 saturated carbocycles. The van der Waals surface area contributed by atoms with E-state index in [0.717, 1.165) is 6.26 Å². The van der Waals surface area contributed by atoms with E-state index in [1.165, 1.54) is 35.4 Å². The number of pyridine rings is 1. The molecule has 11 nitrogen and oxygen atoms in total. The zero-order chi connectivity index (χ0) is 27.8. The van der Waals surface area contributed by atoms with Crippen LogP contribution in [0.5, 0.6) is 0 Å². The molecule has 1 aliphatic rings. The van der Waals surface area contributed by atoms with Crippen molar-refractivity contribution < 1.29 is 22.7 Å². The molecular weight excluding hydrogens is 647 g/mol. The summed E-state index contributed by atoms with van der Waals surface area (Å²) in [6, 6.07) is 7.26. The molecule has 202 valence electrons. The fourth-order valence-electron chi connectivity index (χ4n) is 4.14. The Morgan fingerprint density at radius 2 is 1.82 bits per heavy atom. The number of carbonyl (C=O) groups is 2. The van der Waals surface area contributed by atoms with E-state index in [9.17, 15) is 18.0 Å². The summed E-state index contributed by atoms with van der Waals surface area (Å²) in [6.45, 7) is 6.58. The van der Waals surface area contributed by atoms with E-state index < -0.39 is 19.3 Å². The van der Waals surface area contributed by atoms with Gasteiger partial charge in [-0.1, -0.05) is 11.6 Å². The maximum Gasteiger partial charge on any atom is 0.255 e. The Hall–Kier alpha value is -2.62. The predicted molar refractivity (Wildman–Crippen MR) is 148 cm³/mol. The lowest BCUT2D eigenvalue weighted by atomic mass is 10.2. The van der Waals surface area contributed by atoms with Gasteiger partial charge in [0.1, 0.15) is 9.87 Å². The van der Waals surface area contributed by atoms with Gasteiger partial charge >= 0.3 is 0 Å². The molecule has 2 aromatic heterocycles. The molecule has 2 amide bonds. The van der Waals surface area contributed by atoms with Crippen molar-refractivity contribution in [2.75, 3.05) is 19.3 Å². The molecule has 14 heteroatoms. The molecule has 0 aliphatic carbocycles. The second-order valence-corrected chi connectivity index (χ2v) is 13.9. The molecule has 0 radical (unpaired) electrons. The van der Waals surface area contributed by atoms with Gasteiger partial charge in [0.25, 0.3) is 11.8 Å². The zero-order valence-electron chi connectivity index (χ0n) is 21.1. The van der Waals surface area contributed by atoms with Gasteiger partial charge in [-0.2, -0.15) is 9.78 Å². The number of hydrogen-bond acceptors (Lipinski definition) is 8. The monoisotopic (exact) mass is 672 g/mol. The lowest BCUT2D eigenvalue weighted by Crippen LogP contribution is -2.48. The van der Waals surface area contributed by atoms with Crippen molar-refractivity contribution in [1.82, 2.24) is 30.0 Å². The van der Waals surface area contributed by atoms with Crippen molar-refractivity contribution in [2.45, 2.75) is 41.4 Å². The molecule has 38 heavy (non-hydrogen) atoms. The van der Waals surface area contributed by atoms with E-state index in [4.69, 9.17) is 16.3 Å². The number of ether oxygens (including phenoxy) is 1. The van der Waals surface area contributed by atoms with Crippen LogP contribution in [-0.2, 0) is 18.1 Å². The van der Waals surface area contributed by atoms with Crippen molar-refractivity contribution >= 4 is 55.8 Å². The quantitative estimate of drug-likeness (QED) is 0.240. The Morgan fingerprint density at radius 1 is 1.13 bits per heavy atom. The molecule has 4 rings (SSSR count). The van der Waals surface area contributed by atoms with Crippen LogP contribution < -0.4 is 5.32 Å². The minimum absolute atomic E-state index is 0.0472. The Balaban J connectivity index is 1.55. The maximum absolute atomic E-state index is 13.1. The summed E-state index contributed by atoms with van der Waals surface area (Å²) in [5.41, 5.74) is 0.518. The first kappa shape index (κ1) is 28.4. The number of alkyl halides is 1. The van der Waals surface area contributed by atoms with Crippen LogP contribution in [0.4, 0.5) is 0 Å². The Morgan fingerprint density at radius 3 is 2.42 bits per heavy atom. The van der Waals surface area contributed by atoms with Crippen molar-refractivity contribution in [3.05, 3.63) is 64.8 Å². The molecule has 3 heterocycles. The Labute approximate surface area is 239 Å². The first-order valence-corrected chi connectivity index (χ1v) is 14.9. The number of carbonyl (C=O) groups excluding carboxylic acids is 2. The second-order valence-electron chi connectivity index (χ2n) is 9.27. The van der Waals surface area contributed by atoms with Crippen LogP contribution in [0.15, 0.2) is 47.8 Å². The van der Waals surface area contributed by atoms with E-state index >= 15 is 0 Å². The van der Waals surface area contributed by atoms with E-state index in [-0.39, 0.29) is 33.6 Å². The van der Waals surface area contributed by atoms with Crippen LogP contribution in [0.1, 0.15) is 47.3 Å². The van der Waals surface area contributed by atoms with Crippen LogP contribution in [0.25, 0.3) is 5.82 Å². The molecule has 0 unspecified atom stereocenters. The SMILES string of the molecule is C[C@H]1CN(C(=O)c2ccc(-n3ncnc3[C@](C)(I)NC(=O)c3cc(Cl)cc(S(C)(=O)=O)c3)nc2)C[C@H](C)O1. The first-order chi connectivity index (χ1) is 17.7. The van der Waals surface area contributed by atoms with Gasteiger partial charge in [-0.3, -0.25) is 9.59 Å². The maximum atomic E-state index is 13.1. The number of halogens is 2. The lowest BCUT2D eigenvalue weighted by molar-refractivity contribution is -0.0586. The molecule has 3 aromatic rings. The standard InChI is InChI=1S/C24H26ClIN6O5S/c1-14-11-31(12-15(2)37-14)22(34)16-5-6-20(27-10-16)32-23(28-13-29-32)24(3,26)30-21(33)17-7-18(25)9-19(8-17)38(4,35)36/h5-10,13-15H,11-12H2,1-4H3,(H,30,33)/t14-,15-,24+/m0/s1. The highest BCUT2D eigenvalue weighted by Crippen LogP contribution is 2.29. The van der Waals surface area contributed by atoms with Gasteiger partial charge in [-0.15, -0.1) is 0 Å². The minimum atomic E-state index is -3.57. The smallest absolute Gasteiger partial charge is 0.255 e. The van der Waals surface area contributed by atoms with Crippen molar-refractivity contribution in [3.8, 4) is 5.82 Å². The van der Waals surface area contributed by atoms with E-state index in [1.807, 2.05) is 36.4 Å². The van der Waals surface area contributed by atoms with Gasteiger partial charge in [0.15, 0.2) is 21.5 Å². The number of hydrogen-bond donors (Lipinski definition) is 1. The highest BCUT2D eigenvalue weighted by molar-refractivity contribution is 14.1. The third-order valence-electron chi connectivity index (χ3n) is 5.80. The molecular formula is C24H26ClIN6O5S. The number of sulfone groups is 1. The van der Waals surface area contributed by atoms with Crippen LogP contribution in [0.3, 0.4) is 0 Å². The summed E-state index contributed by atoms with van der Waals surface area (Å²) in [7, 11) is -3.57. The molecule has 3 atom stereocenters. The van der Waals surface area contributed by atoms with Gasteiger partial charge in [0.2, 0.25) is 0 Å². The van der Waals surface area contributed by atoms with Gasteiger partial charge < -0.3 is 15.0 Å². The minimum Gasteiger partial charge on any atom is -0.372 e. The number of benzene rings is 1. The predicted octanol–water partition coefficient (Wildman–Crippen LogP) is 3.01. The van der Waals surface area contributed by atoms with Crippen molar-refractivity contribution in [3.63, 3.8) is 0 Å². The molecule has 1 N–H and O–H groups in total. The summed E-state index contributed by atoms with van der Waals surface area (Å²) in [5, 5.41) is 7.22. The van der Waals surface area contributed by atoms with E-state index in [1.54, 1.807) is 24.0 Å². The Kier molecular flexibility index (Phi) is 8.12. The molecule has 0 spiro atoms. The van der Waals surface area contributed by atoms with Gasteiger partial charge in [0, 0.05) is 36.1 Å². The zero-order valence-corrected chi connectivity index (χ0v) is 24.8. The summed E-state index contributed by atoms with van der Waals surface area (Å²) >= 11 is 8.07. The highest BCUT2D eigenvalue weighted by Gasteiger charge is 2.32. The third kappa shape index (κ3) is 6.33. The fraction of sp³-hybridized carbons (Fsp3) is 0.375. The average molecular weight is 673 g/mol. The van der Waals surface area contributed by atoms with Crippen molar-refractivity contribution in [1.29, 1.82) is 0 Å². The number of amides is 2. The van der Waals surface area contributed by atoms with Gasteiger partial charge in [0.05, 0.1) is 22.7 Å². The second kappa shape index (κ2) is 10.9. The van der Waals surface area contributed by atoms with Gasteiger partial charge in [-0.25, -0.2) is 18.4 Å². The number of nitrogens with zero attached hydrogens (tertiary/aromatic N) is 5. The normalized spacial score (nSPS) is 19.6. The molecule has 1 fully saturated rings. The topological polar surface area (TPSA) is 136 Å². The number of rotatable bonds is 6. The van der Waals surface area contributed by atoms with Crippen LogP contribution in [0, 0.1) is 0 Å². The molecule has 1 aromatic carbocycles. The molecule has 1 saturated heterocycles. The fourth-order valence-corrected chi connectivity index (χ4v) is 5.74. The van der Waals surface area contributed by atoms with E-state index in [0.29, 0.717) is 30.3 Å². The Bertz CT molecular complexity index is 1470. The van der Waals surface area contributed by atoms with Crippen LogP contribution in [0.2, 0.25) is 5.02 Å². The first-order valence-electron chi connectivity index (χ1n) is 11.6. The van der Waals surface area contributed by atoms with Crippen molar-refractivity contribution in [2.24, 2.45) is 0 Å².